The number of benzene rings is 1. The van der Waals surface area contributed by atoms with Crippen LogP contribution in [0.25, 0.3) is 4.85 Å². The Morgan fingerprint density at radius 2 is 2.17 bits per heavy atom. The molecule has 1 aromatic carbocycles. The Bertz CT molecular complexity index is 1200. The number of rotatable bonds is 3. The first kappa shape index (κ1) is 20.3. The molecule has 2 aliphatic rings. The first-order valence-corrected chi connectivity index (χ1v) is 11.2. The van der Waals surface area contributed by atoms with Crippen molar-refractivity contribution in [3.63, 3.8) is 0 Å². The smallest absolute Gasteiger partial charge is 0.239 e. The van der Waals surface area contributed by atoms with Gasteiger partial charge in [-0.25, -0.2) is 27.0 Å². The number of aliphatic imine (C=N–C) groups is 1. The summed E-state index contributed by atoms with van der Waals surface area (Å²) in [6.07, 6.45) is 3.99. The zero-order chi connectivity index (χ0) is 21.7. The minimum atomic E-state index is -3.69. The van der Waals surface area contributed by atoms with Crippen molar-refractivity contribution in [1.82, 2.24) is 9.29 Å². The molecule has 0 bridgehead atoms. The van der Waals surface area contributed by atoms with Crippen molar-refractivity contribution in [2.75, 3.05) is 12.8 Å². The van der Waals surface area contributed by atoms with E-state index in [1.54, 1.807) is 25.3 Å². The first-order chi connectivity index (χ1) is 14.1. The SMILES string of the molecule is [C-]#[N+]c1cnc2c(c1)CC[C@@H]2Cc1ccc(F)c([C@]2(C)CS(=O)(=O)N(C)C(N)=N2)c1. The number of nitrogens with zero attached hydrogens (tertiary/aromatic N) is 4. The summed E-state index contributed by atoms with van der Waals surface area (Å²) in [6, 6.07) is 6.65. The topological polar surface area (TPSA) is 93.0 Å². The van der Waals surface area contributed by atoms with Crippen LogP contribution in [0.15, 0.2) is 35.5 Å². The van der Waals surface area contributed by atoms with Crippen molar-refractivity contribution in [3.05, 3.63) is 70.1 Å². The minimum absolute atomic E-state index is 0.155. The van der Waals surface area contributed by atoms with Gasteiger partial charge in [-0.1, -0.05) is 12.1 Å². The van der Waals surface area contributed by atoms with Gasteiger partial charge in [0.2, 0.25) is 21.7 Å². The van der Waals surface area contributed by atoms with E-state index in [0.29, 0.717) is 12.1 Å². The first-order valence-electron chi connectivity index (χ1n) is 9.60. The lowest BCUT2D eigenvalue weighted by molar-refractivity contribution is 0.457. The van der Waals surface area contributed by atoms with Crippen LogP contribution in [0, 0.1) is 12.4 Å². The Morgan fingerprint density at radius 3 is 2.87 bits per heavy atom. The normalized spacial score (nSPS) is 24.8. The Balaban J connectivity index is 1.67. The lowest BCUT2D eigenvalue weighted by Crippen LogP contribution is -2.50. The molecule has 0 unspecified atom stereocenters. The van der Waals surface area contributed by atoms with Gasteiger partial charge in [-0.15, -0.1) is 0 Å². The second-order valence-electron chi connectivity index (χ2n) is 8.07. The highest BCUT2D eigenvalue weighted by atomic mass is 32.2. The van der Waals surface area contributed by atoms with E-state index in [4.69, 9.17) is 12.3 Å². The Morgan fingerprint density at radius 1 is 1.40 bits per heavy atom. The molecule has 156 valence electrons. The van der Waals surface area contributed by atoms with Crippen LogP contribution >= 0.6 is 0 Å². The number of sulfonamides is 1. The zero-order valence-corrected chi connectivity index (χ0v) is 17.6. The molecule has 0 spiro atoms. The molecule has 2 atom stereocenters. The lowest BCUT2D eigenvalue weighted by atomic mass is 9.89. The monoisotopic (exact) mass is 427 g/mol. The maximum Gasteiger partial charge on any atom is 0.239 e. The third kappa shape index (κ3) is 3.41. The highest BCUT2D eigenvalue weighted by Crippen LogP contribution is 2.38. The third-order valence-electron chi connectivity index (χ3n) is 5.92. The molecular formula is C21H22FN5O2S. The fraction of sp³-hybridized carbons (Fsp3) is 0.381. The second-order valence-corrected chi connectivity index (χ2v) is 10.1. The van der Waals surface area contributed by atoms with E-state index in [2.05, 4.69) is 14.8 Å². The van der Waals surface area contributed by atoms with E-state index >= 15 is 0 Å². The number of pyridine rings is 1. The molecule has 30 heavy (non-hydrogen) atoms. The van der Waals surface area contributed by atoms with E-state index < -0.39 is 21.4 Å². The summed E-state index contributed by atoms with van der Waals surface area (Å²) in [7, 11) is -2.35. The average Bonchev–Trinajstić information content (AvgIpc) is 3.09. The molecule has 2 N–H and O–H groups in total. The van der Waals surface area contributed by atoms with E-state index in [0.717, 1.165) is 34.0 Å². The van der Waals surface area contributed by atoms with Crippen LogP contribution < -0.4 is 5.73 Å². The summed E-state index contributed by atoms with van der Waals surface area (Å²) in [5, 5.41) is 0. The molecule has 9 heteroatoms. The second kappa shape index (κ2) is 7.06. The number of aromatic nitrogens is 1. The van der Waals surface area contributed by atoms with Crippen LogP contribution in [0.4, 0.5) is 10.1 Å². The van der Waals surface area contributed by atoms with E-state index in [9.17, 15) is 12.8 Å². The Hall–Kier alpha value is -2.99. The minimum Gasteiger partial charge on any atom is -0.369 e. The number of nitrogens with two attached hydrogens (primary N) is 1. The van der Waals surface area contributed by atoms with Crippen molar-refractivity contribution in [2.45, 2.75) is 37.6 Å². The van der Waals surface area contributed by atoms with E-state index in [-0.39, 0.29) is 23.2 Å². The predicted octanol–water partition coefficient (Wildman–Crippen LogP) is 2.85. The average molecular weight is 428 g/mol. The molecule has 2 heterocycles. The molecule has 2 aromatic rings. The molecule has 0 radical (unpaired) electrons. The standard InChI is InChI=1S/C21H22FN5O2S/c1-21(12-30(28,29)27(3)20(23)26-21)17-9-13(4-7-18(17)22)8-14-5-6-15-10-16(24-2)11-25-19(14)15/h4,7,9-11,14H,5-6,8,12H2,1,3H3,(H2,23,26)/t14-,21+/m1/s1. The summed E-state index contributed by atoms with van der Waals surface area (Å²) in [5.74, 6) is -0.854. The number of aryl methyl sites for hydroxylation is 1. The summed E-state index contributed by atoms with van der Waals surface area (Å²) < 4.78 is 40.6. The molecular weight excluding hydrogens is 405 g/mol. The molecule has 4 rings (SSSR count). The van der Waals surface area contributed by atoms with E-state index in [1.165, 1.54) is 13.1 Å². The maximum absolute atomic E-state index is 14.8. The van der Waals surface area contributed by atoms with Gasteiger partial charge >= 0.3 is 0 Å². The van der Waals surface area contributed by atoms with Crippen molar-refractivity contribution in [2.24, 2.45) is 10.7 Å². The van der Waals surface area contributed by atoms with Gasteiger partial charge < -0.3 is 5.73 Å². The summed E-state index contributed by atoms with van der Waals surface area (Å²) >= 11 is 0. The molecule has 7 nitrogen and oxygen atoms in total. The predicted molar refractivity (Wildman–Crippen MR) is 112 cm³/mol. The van der Waals surface area contributed by atoms with Gasteiger partial charge in [0.25, 0.3) is 0 Å². The fourth-order valence-corrected chi connectivity index (χ4v) is 5.74. The molecule has 0 saturated carbocycles. The van der Waals surface area contributed by atoms with Crippen molar-refractivity contribution in [1.29, 1.82) is 0 Å². The molecule has 0 saturated heterocycles. The van der Waals surface area contributed by atoms with Gasteiger partial charge in [-0.05, 0) is 49.4 Å². The molecule has 0 amide bonds. The Kier molecular flexibility index (Phi) is 4.77. The van der Waals surface area contributed by atoms with E-state index in [1.807, 2.05) is 6.07 Å². The number of fused-ring (bicyclic) bond motifs is 1. The Labute approximate surface area is 175 Å². The van der Waals surface area contributed by atoms with Crippen LogP contribution in [0.2, 0.25) is 0 Å². The summed E-state index contributed by atoms with van der Waals surface area (Å²) in [6.45, 7) is 8.72. The van der Waals surface area contributed by atoms with Gasteiger partial charge in [0.05, 0.1) is 12.3 Å². The van der Waals surface area contributed by atoms with Crippen molar-refractivity contribution < 1.29 is 12.8 Å². The number of halogens is 1. The van der Waals surface area contributed by atoms with Crippen molar-refractivity contribution >= 4 is 21.7 Å². The highest BCUT2D eigenvalue weighted by molar-refractivity contribution is 7.89. The molecule has 1 aromatic heterocycles. The van der Waals surface area contributed by atoms with Crippen LogP contribution in [-0.4, -0.2) is 36.5 Å². The third-order valence-corrected chi connectivity index (χ3v) is 7.87. The fourth-order valence-electron chi connectivity index (χ4n) is 4.29. The van der Waals surface area contributed by atoms with Crippen LogP contribution in [0.1, 0.15) is 41.6 Å². The molecule has 0 fully saturated rings. The lowest BCUT2D eigenvalue weighted by Gasteiger charge is -2.34. The van der Waals surface area contributed by atoms with Crippen LogP contribution in [0.5, 0.6) is 0 Å². The van der Waals surface area contributed by atoms with Gasteiger partial charge in [0.1, 0.15) is 11.4 Å². The van der Waals surface area contributed by atoms with Crippen molar-refractivity contribution in [3.8, 4) is 0 Å². The van der Waals surface area contributed by atoms with Crippen LogP contribution in [-0.2, 0) is 28.4 Å². The molecule has 1 aliphatic heterocycles. The zero-order valence-electron chi connectivity index (χ0n) is 16.8. The van der Waals surface area contributed by atoms with Gasteiger partial charge in [-0.2, -0.15) is 0 Å². The maximum atomic E-state index is 14.8. The largest absolute Gasteiger partial charge is 0.369 e. The number of hydrogen-bond donors (Lipinski definition) is 1. The van der Waals surface area contributed by atoms with Gasteiger partial charge in [0, 0.05) is 30.4 Å². The summed E-state index contributed by atoms with van der Waals surface area (Å²) in [4.78, 5) is 12.2. The van der Waals surface area contributed by atoms with Crippen LogP contribution in [0.3, 0.4) is 0 Å². The number of guanidine groups is 1. The highest BCUT2D eigenvalue weighted by Gasteiger charge is 2.41. The van der Waals surface area contributed by atoms with Gasteiger partial charge in [-0.3, -0.25) is 4.98 Å². The quantitative estimate of drug-likeness (QED) is 0.763. The molecule has 1 aliphatic carbocycles. The number of hydrogen-bond acceptors (Lipinski definition) is 5. The summed E-state index contributed by atoms with van der Waals surface area (Å²) in [5.41, 5.74) is 8.20. The van der Waals surface area contributed by atoms with Gasteiger partial charge in [0.15, 0.2) is 0 Å².